The summed E-state index contributed by atoms with van der Waals surface area (Å²) in [6, 6.07) is 10.7. The molecule has 0 unspecified atom stereocenters. The zero-order valence-electron chi connectivity index (χ0n) is 14.8. The number of nitrogens with zero attached hydrogens (tertiary/aromatic N) is 2. The van der Waals surface area contributed by atoms with Gasteiger partial charge in [-0.2, -0.15) is 0 Å². The van der Waals surface area contributed by atoms with Crippen molar-refractivity contribution in [2.75, 3.05) is 33.7 Å². The van der Waals surface area contributed by atoms with Gasteiger partial charge in [0.25, 0.3) is 0 Å². The zero-order valence-corrected chi connectivity index (χ0v) is 14.8. The van der Waals surface area contributed by atoms with Crippen LogP contribution in [-0.2, 0) is 6.42 Å². The van der Waals surface area contributed by atoms with E-state index < -0.39 is 0 Å². The lowest BCUT2D eigenvalue weighted by Crippen LogP contribution is -2.41. The van der Waals surface area contributed by atoms with Crippen LogP contribution in [0.5, 0.6) is 0 Å². The molecule has 0 aliphatic carbocycles. The lowest BCUT2D eigenvalue weighted by atomic mass is 9.73. The molecule has 2 rings (SSSR count). The van der Waals surface area contributed by atoms with Gasteiger partial charge in [-0.05, 0) is 56.5 Å². The lowest BCUT2D eigenvalue weighted by Gasteiger charge is -2.41. The first kappa shape index (κ1) is 17.1. The number of likely N-dealkylation sites (tertiary alicyclic amines) is 1. The lowest BCUT2D eigenvalue weighted by molar-refractivity contribution is 0.0949. The predicted octanol–water partition coefficient (Wildman–Crippen LogP) is 4.04. The van der Waals surface area contributed by atoms with Crippen molar-refractivity contribution in [3.05, 3.63) is 48.2 Å². The van der Waals surface area contributed by atoms with Crippen molar-refractivity contribution in [2.45, 2.75) is 33.1 Å². The molecule has 22 heavy (non-hydrogen) atoms. The van der Waals surface area contributed by atoms with E-state index in [-0.39, 0.29) is 0 Å². The topological polar surface area (TPSA) is 6.48 Å². The monoisotopic (exact) mass is 300 g/mol. The Kier molecular flexibility index (Phi) is 6.07. The van der Waals surface area contributed by atoms with Gasteiger partial charge in [-0.1, -0.05) is 50.3 Å². The van der Waals surface area contributed by atoms with Gasteiger partial charge in [0, 0.05) is 19.6 Å². The first-order valence-corrected chi connectivity index (χ1v) is 8.57. The molecule has 0 saturated carbocycles. The zero-order chi connectivity index (χ0) is 16.0. The molecule has 1 aromatic rings. The summed E-state index contributed by atoms with van der Waals surface area (Å²) < 4.78 is 0. The molecule has 0 amide bonds. The molecule has 1 aliphatic rings. The van der Waals surface area contributed by atoms with E-state index in [1.165, 1.54) is 38.0 Å². The van der Waals surface area contributed by atoms with Crippen LogP contribution >= 0.6 is 0 Å². The van der Waals surface area contributed by atoms with E-state index in [2.05, 4.69) is 80.4 Å². The number of benzene rings is 1. The number of rotatable bonds is 6. The third kappa shape index (κ3) is 5.17. The third-order valence-corrected chi connectivity index (χ3v) is 4.87. The fraction of sp³-hybridized carbons (Fsp3) is 0.600. The number of hydrogen-bond donors (Lipinski definition) is 0. The fourth-order valence-corrected chi connectivity index (χ4v) is 3.73. The molecule has 0 spiro atoms. The summed E-state index contributed by atoms with van der Waals surface area (Å²) >= 11 is 0. The normalized spacial score (nSPS) is 17.6. The summed E-state index contributed by atoms with van der Waals surface area (Å²) in [6.45, 7) is 8.44. The summed E-state index contributed by atoms with van der Waals surface area (Å²) in [5.74, 6) is 0.841. The molecule has 2 nitrogen and oxygen atoms in total. The molecule has 0 radical (unpaired) electrons. The van der Waals surface area contributed by atoms with Crippen LogP contribution < -0.4 is 0 Å². The minimum atomic E-state index is 0.420. The maximum Gasteiger partial charge on any atom is 0.0175 e. The second-order valence-electron chi connectivity index (χ2n) is 7.61. The van der Waals surface area contributed by atoms with Crippen LogP contribution in [0.3, 0.4) is 0 Å². The van der Waals surface area contributed by atoms with Crippen molar-refractivity contribution in [1.29, 1.82) is 0 Å². The molecule has 0 atom stereocenters. The highest BCUT2D eigenvalue weighted by molar-refractivity contribution is 5.17. The van der Waals surface area contributed by atoms with E-state index in [1.54, 1.807) is 0 Å². The van der Waals surface area contributed by atoms with Crippen LogP contribution in [0.2, 0.25) is 0 Å². The van der Waals surface area contributed by atoms with Crippen molar-refractivity contribution < 1.29 is 0 Å². The van der Waals surface area contributed by atoms with E-state index in [4.69, 9.17) is 0 Å². The second kappa shape index (κ2) is 7.82. The summed E-state index contributed by atoms with van der Waals surface area (Å²) in [5.41, 5.74) is 1.81. The summed E-state index contributed by atoms with van der Waals surface area (Å²) in [4.78, 5) is 4.82. The van der Waals surface area contributed by atoms with Crippen molar-refractivity contribution in [1.82, 2.24) is 9.80 Å². The van der Waals surface area contributed by atoms with Crippen LogP contribution in [-0.4, -0.2) is 43.5 Å². The van der Waals surface area contributed by atoms with Crippen molar-refractivity contribution in [3.63, 3.8) is 0 Å². The minimum Gasteiger partial charge on any atom is -0.378 e. The first-order valence-electron chi connectivity index (χ1n) is 8.57. The Morgan fingerprint density at radius 1 is 1.14 bits per heavy atom. The molecule has 1 aliphatic heterocycles. The number of allylic oxidation sites excluding steroid dienone is 1. The summed E-state index contributed by atoms with van der Waals surface area (Å²) in [5, 5.41) is 0. The summed E-state index contributed by atoms with van der Waals surface area (Å²) in [7, 11) is 4.37. The number of hydrogen-bond acceptors (Lipinski definition) is 2. The molecule has 0 bridgehead atoms. The molecule has 0 aromatic heterocycles. The van der Waals surface area contributed by atoms with Gasteiger partial charge in [-0.25, -0.2) is 0 Å². The van der Waals surface area contributed by atoms with E-state index in [9.17, 15) is 0 Å². The van der Waals surface area contributed by atoms with Gasteiger partial charge in [0.15, 0.2) is 0 Å². The fourth-order valence-electron chi connectivity index (χ4n) is 3.73. The maximum absolute atomic E-state index is 2.49. The molecular formula is C20H32N2. The van der Waals surface area contributed by atoms with Crippen molar-refractivity contribution >= 4 is 0 Å². The molecule has 1 fully saturated rings. The first-order chi connectivity index (χ1) is 10.5. The highest BCUT2D eigenvalue weighted by Gasteiger charge is 2.32. The Labute approximate surface area is 136 Å². The van der Waals surface area contributed by atoms with Crippen LogP contribution in [0.1, 0.15) is 32.3 Å². The molecule has 0 N–H and O–H groups in total. The van der Waals surface area contributed by atoms with Crippen LogP contribution in [0.4, 0.5) is 0 Å². The SMILES string of the molecule is CN(C)CC(C)(C)C1CCN(C=CCc2ccccc2)CC1. The van der Waals surface area contributed by atoms with Crippen molar-refractivity contribution in [2.24, 2.45) is 11.3 Å². The Balaban J connectivity index is 1.77. The van der Waals surface area contributed by atoms with Crippen LogP contribution in [0, 0.1) is 11.3 Å². The van der Waals surface area contributed by atoms with E-state index in [0.717, 1.165) is 12.3 Å². The summed E-state index contributed by atoms with van der Waals surface area (Å²) in [6.07, 6.45) is 8.28. The highest BCUT2D eigenvalue weighted by Crippen LogP contribution is 2.35. The van der Waals surface area contributed by atoms with Crippen LogP contribution in [0.15, 0.2) is 42.6 Å². The van der Waals surface area contributed by atoms with Gasteiger partial charge in [0.1, 0.15) is 0 Å². The molecule has 1 aromatic carbocycles. The maximum atomic E-state index is 2.49. The van der Waals surface area contributed by atoms with Gasteiger partial charge in [0.2, 0.25) is 0 Å². The minimum absolute atomic E-state index is 0.420. The third-order valence-electron chi connectivity index (χ3n) is 4.87. The molecule has 1 saturated heterocycles. The van der Waals surface area contributed by atoms with Gasteiger partial charge in [0.05, 0.1) is 0 Å². The Morgan fingerprint density at radius 3 is 2.36 bits per heavy atom. The predicted molar refractivity (Wildman–Crippen MR) is 95.9 cm³/mol. The van der Waals surface area contributed by atoms with E-state index in [0.29, 0.717) is 5.41 Å². The van der Waals surface area contributed by atoms with Gasteiger partial charge >= 0.3 is 0 Å². The van der Waals surface area contributed by atoms with E-state index in [1.807, 2.05) is 0 Å². The standard InChI is InChI=1S/C20H32N2/c1-20(2,17-21(3)4)19-12-15-22(16-13-19)14-8-11-18-9-6-5-7-10-18/h5-10,14,19H,11-13,15-17H2,1-4H3. The second-order valence-corrected chi connectivity index (χ2v) is 7.61. The smallest absolute Gasteiger partial charge is 0.0175 e. The van der Waals surface area contributed by atoms with Gasteiger partial charge < -0.3 is 9.80 Å². The molecule has 122 valence electrons. The largest absolute Gasteiger partial charge is 0.378 e. The van der Waals surface area contributed by atoms with Gasteiger partial charge in [-0.3, -0.25) is 0 Å². The van der Waals surface area contributed by atoms with E-state index >= 15 is 0 Å². The average Bonchev–Trinajstić information content (AvgIpc) is 2.47. The highest BCUT2D eigenvalue weighted by atomic mass is 15.1. The average molecular weight is 300 g/mol. The number of piperidine rings is 1. The molecular weight excluding hydrogens is 268 g/mol. The van der Waals surface area contributed by atoms with Crippen molar-refractivity contribution in [3.8, 4) is 0 Å². The quantitative estimate of drug-likeness (QED) is 0.782. The molecule has 1 heterocycles. The Morgan fingerprint density at radius 2 is 1.77 bits per heavy atom. The Hall–Kier alpha value is -1.28. The van der Waals surface area contributed by atoms with Crippen LogP contribution in [0.25, 0.3) is 0 Å². The molecule has 2 heteroatoms. The van der Waals surface area contributed by atoms with Gasteiger partial charge in [-0.15, -0.1) is 0 Å². The Bertz CT molecular complexity index is 454.